The first-order valence-electron chi connectivity index (χ1n) is 13.9. The molecule has 11 nitrogen and oxygen atoms in total. The summed E-state index contributed by atoms with van der Waals surface area (Å²) in [5.74, 6) is -2.78. The molecule has 0 fully saturated rings. The molecule has 2 aromatic carbocycles. The van der Waals surface area contributed by atoms with Crippen LogP contribution in [0.5, 0.6) is 5.75 Å². The Labute approximate surface area is 241 Å². The number of phenols is 1. The molecule has 0 aliphatic carbocycles. The summed E-state index contributed by atoms with van der Waals surface area (Å²) in [4.78, 5) is 51.4. The summed E-state index contributed by atoms with van der Waals surface area (Å²) in [6, 6.07) is 11.1. The van der Waals surface area contributed by atoms with E-state index < -0.39 is 47.9 Å². The summed E-state index contributed by atoms with van der Waals surface area (Å²) in [6.07, 6.45) is 1.97. The molecule has 41 heavy (non-hydrogen) atoms. The van der Waals surface area contributed by atoms with E-state index in [2.05, 4.69) is 16.0 Å². The average molecular weight is 570 g/mol. The number of phenolic OH excluding ortho intramolecular Hbond substituents is 1. The molecule has 0 bridgehead atoms. The largest absolute Gasteiger partial charge is 0.508 e. The minimum atomic E-state index is -1.19. The van der Waals surface area contributed by atoms with E-state index in [0.717, 1.165) is 11.1 Å². The number of carbonyl (C=O) groups is 4. The maximum atomic E-state index is 13.4. The van der Waals surface area contributed by atoms with Crippen LogP contribution in [0.25, 0.3) is 0 Å². The van der Waals surface area contributed by atoms with Crippen molar-refractivity contribution in [2.75, 3.05) is 6.54 Å². The second-order valence-corrected chi connectivity index (χ2v) is 10.6. The van der Waals surface area contributed by atoms with Crippen LogP contribution in [-0.4, -0.2) is 64.6 Å². The lowest BCUT2D eigenvalue weighted by Crippen LogP contribution is -2.57. The Morgan fingerprint density at radius 2 is 1.32 bits per heavy atom. The highest BCUT2D eigenvalue weighted by atomic mass is 16.4. The third-order valence-corrected chi connectivity index (χ3v) is 6.55. The fourth-order valence-electron chi connectivity index (χ4n) is 4.32. The van der Waals surface area contributed by atoms with Crippen LogP contribution in [0.1, 0.15) is 50.7 Å². The van der Waals surface area contributed by atoms with E-state index >= 15 is 0 Å². The van der Waals surface area contributed by atoms with Gasteiger partial charge in [0, 0.05) is 6.42 Å². The predicted molar refractivity (Wildman–Crippen MR) is 156 cm³/mol. The molecule has 0 radical (unpaired) electrons. The third-order valence-electron chi connectivity index (χ3n) is 6.55. The van der Waals surface area contributed by atoms with Crippen molar-refractivity contribution in [2.24, 2.45) is 17.4 Å². The van der Waals surface area contributed by atoms with Crippen molar-refractivity contribution < 1.29 is 29.4 Å². The topological polar surface area (TPSA) is 197 Å². The maximum Gasteiger partial charge on any atom is 0.326 e. The number of carbonyl (C=O) groups excluding carboxylic acids is 3. The number of rotatable bonds is 17. The highest BCUT2D eigenvalue weighted by molar-refractivity contribution is 5.94. The highest BCUT2D eigenvalue weighted by Crippen LogP contribution is 2.12. The van der Waals surface area contributed by atoms with Crippen LogP contribution in [-0.2, 0) is 32.0 Å². The summed E-state index contributed by atoms with van der Waals surface area (Å²) < 4.78 is 0. The van der Waals surface area contributed by atoms with Gasteiger partial charge in [-0.05, 0) is 67.8 Å². The second-order valence-electron chi connectivity index (χ2n) is 10.6. The lowest BCUT2D eigenvalue weighted by Gasteiger charge is -2.26. The Balaban J connectivity index is 2.13. The van der Waals surface area contributed by atoms with Gasteiger partial charge < -0.3 is 37.6 Å². The van der Waals surface area contributed by atoms with E-state index in [9.17, 15) is 29.4 Å². The quantitative estimate of drug-likeness (QED) is 0.138. The zero-order chi connectivity index (χ0) is 30.4. The van der Waals surface area contributed by atoms with Gasteiger partial charge >= 0.3 is 5.97 Å². The van der Waals surface area contributed by atoms with E-state index in [1.54, 1.807) is 36.4 Å². The first kappa shape index (κ1) is 33.2. The lowest BCUT2D eigenvalue weighted by atomic mass is 10.00. The molecule has 0 saturated heterocycles. The molecular formula is C30H43N5O6. The minimum Gasteiger partial charge on any atom is -0.508 e. The fourth-order valence-corrected chi connectivity index (χ4v) is 4.32. The van der Waals surface area contributed by atoms with E-state index in [-0.39, 0.29) is 30.9 Å². The Bertz CT molecular complexity index is 1130. The van der Waals surface area contributed by atoms with Crippen molar-refractivity contribution >= 4 is 23.7 Å². The molecule has 0 aliphatic heterocycles. The van der Waals surface area contributed by atoms with Gasteiger partial charge in [0.2, 0.25) is 17.7 Å². The average Bonchev–Trinajstić information content (AvgIpc) is 2.93. The molecule has 0 aliphatic rings. The number of carboxylic acids is 1. The van der Waals surface area contributed by atoms with Crippen molar-refractivity contribution in [1.82, 2.24) is 16.0 Å². The summed E-state index contributed by atoms with van der Waals surface area (Å²) >= 11 is 0. The molecule has 4 unspecified atom stereocenters. The summed E-state index contributed by atoms with van der Waals surface area (Å²) in [7, 11) is 0. The molecule has 2 rings (SSSR count). The number of aliphatic carboxylic acids is 1. The molecule has 0 saturated carbocycles. The zero-order valence-corrected chi connectivity index (χ0v) is 23.7. The van der Waals surface area contributed by atoms with Gasteiger partial charge in [0.1, 0.15) is 23.9 Å². The van der Waals surface area contributed by atoms with Crippen molar-refractivity contribution in [1.29, 1.82) is 0 Å². The van der Waals surface area contributed by atoms with Crippen LogP contribution in [0.15, 0.2) is 54.6 Å². The Morgan fingerprint density at radius 1 is 0.756 bits per heavy atom. The van der Waals surface area contributed by atoms with E-state index in [0.29, 0.717) is 25.8 Å². The summed E-state index contributed by atoms with van der Waals surface area (Å²) in [6.45, 7) is 4.20. The molecule has 0 spiro atoms. The smallest absolute Gasteiger partial charge is 0.326 e. The van der Waals surface area contributed by atoms with E-state index in [4.69, 9.17) is 11.5 Å². The van der Waals surface area contributed by atoms with Gasteiger partial charge in [0.15, 0.2) is 0 Å². The van der Waals surface area contributed by atoms with Crippen LogP contribution in [0.2, 0.25) is 0 Å². The minimum absolute atomic E-state index is 0.0335. The van der Waals surface area contributed by atoms with Gasteiger partial charge in [-0.2, -0.15) is 0 Å². The van der Waals surface area contributed by atoms with Crippen molar-refractivity contribution in [3.8, 4) is 5.75 Å². The normalized spacial score (nSPS) is 14.0. The van der Waals surface area contributed by atoms with E-state index in [1.807, 2.05) is 19.9 Å². The third kappa shape index (κ3) is 12.0. The standard InChI is InChI=1S/C30H43N5O6/c1-19(2)16-25(34-27(37)23(32)17-21-11-13-22(36)14-12-21)29(39)33-24(10-6-7-15-31)28(38)35-26(30(40)41)18-20-8-4-3-5-9-20/h3-5,8-9,11-14,19,23-26,36H,6-7,10,15-18,31-32H2,1-2H3,(H,33,39)(H,34,37)(H,35,38)(H,40,41). The highest BCUT2D eigenvalue weighted by Gasteiger charge is 2.30. The van der Waals surface area contributed by atoms with Crippen LogP contribution in [0.3, 0.4) is 0 Å². The van der Waals surface area contributed by atoms with Gasteiger partial charge in [-0.3, -0.25) is 14.4 Å². The number of nitrogens with one attached hydrogen (secondary N) is 3. The monoisotopic (exact) mass is 569 g/mol. The maximum absolute atomic E-state index is 13.4. The van der Waals surface area contributed by atoms with Crippen LogP contribution in [0.4, 0.5) is 0 Å². The first-order chi connectivity index (χ1) is 19.5. The fraction of sp³-hybridized carbons (Fsp3) is 0.467. The molecule has 11 heteroatoms. The van der Waals surface area contributed by atoms with Gasteiger partial charge in [0.05, 0.1) is 6.04 Å². The lowest BCUT2D eigenvalue weighted by molar-refractivity contribution is -0.142. The first-order valence-corrected chi connectivity index (χ1v) is 13.9. The number of nitrogens with two attached hydrogens (primary N) is 2. The Kier molecular flexibility index (Phi) is 13.8. The molecule has 3 amide bonds. The van der Waals surface area contributed by atoms with Crippen LogP contribution in [0, 0.1) is 5.92 Å². The molecule has 2 aromatic rings. The number of aromatic hydroxyl groups is 1. The summed E-state index contributed by atoms with van der Waals surface area (Å²) in [5, 5.41) is 27.2. The molecule has 4 atom stereocenters. The van der Waals surface area contributed by atoms with Crippen molar-refractivity contribution in [2.45, 2.75) is 76.5 Å². The van der Waals surface area contributed by atoms with Gasteiger partial charge in [-0.1, -0.05) is 56.3 Å². The van der Waals surface area contributed by atoms with Crippen molar-refractivity contribution in [3.05, 3.63) is 65.7 Å². The molecule has 0 heterocycles. The Morgan fingerprint density at radius 3 is 1.90 bits per heavy atom. The Hall–Kier alpha value is -3.96. The van der Waals surface area contributed by atoms with Gasteiger partial charge in [-0.25, -0.2) is 4.79 Å². The van der Waals surface area contributed by atoms with Crippen LogP contribution >= 0.6 is 0 Å². The number of hydrogen-bond acceptors (Lipinski definition) is 7. The number of hydrogen-bond donors (Lipinski definition) is 7. The van der Waals surface area contributed by atoms with Gasteiger partial charge in [-0.15, -0.1) is 0 Å². The molecule has 224 valence electrons. The number of benzene rings is 2. The summed E-state index contributed by atoms with van der Waals surface area (Å²) in [5.41, 5.74) is 13.2. The number of unbranched alkanes of at least 4 members (excludes halogenated alkanes) is 1. The molecule has 0 aromatic heterocycles. The zero-order valence-electron chi connectivity index (χ0n) is 23.7. The van der Waals surface area contributed by atoms with Crippen molar-refractivity contribution in [3.63, 3.8) is 0 Å². The van der Waals surface area contributed by atoms with Crippen LogP contribution < -0.4 is 27.4 Å². The second kappa shape index (κ2) is 17.0. The number of amides is 3. The predicted octanol–water partition coefficient (Wildman–Crippen LogP) is 1.22. The van der Waals surface area contributed by atoms with E-state index in [1.165, 1.54) is 12.1 Å². The van der Waals surface area contributed by atoms with Gasteiger partial charge in [0.25, 0.3) is 0 Å². The SMILES string of the molecule is CC(C)CC(NC(=O)C(N)Cc1ccc(O)cc1)C(=O)NC(CCCCN)C(=O)NC(Cc1ccccc1)C(=O)O. The molecule has 9 N–H and O–H groups in total. The molecular weight excluding hydrogens is 526 g/mol. The number of carboxylic acid groups (broad SMARTS) is 1.